The zero-order chi connectivity index (χ0) is 21.9. The van der Waals surface area contributed by atoms with Crippen molar-refractivity contribution >= 4 is 11.9 Å². The van der Waals surface area contributed by atoms with Crippen LogP contribution >= 0.6 is 0 Å². The molecule has 9 nitrogen and oxygen atoms in total. The van der Waals surface area contributed by atoms with E-state index in [1.165, 1.54) is 4.90 Å². The zero-order valence-electron chi connectivity index (χ0n) is 18.7. The van der Waals surface area contributed by atoms with Gasteiger partial charge >= 0.3 is 0 Å². The first kappa shape index (κ1) is 23.8. The Kier molecular flexibility index (Phi) is 9.69. The van der Waals surface area contributed by atoms with Gasteiger partial charge in [-0.1, -0.05) is 6.07 Å². The maximum Gasteiger partial charge on any atom is 0.243 e. The number of nitrogens with one attached hydrogen (secondary N) is 2. The van der Waals surface area contributed by atoms with E-state index < -0.39 is 0 Å². The van der Waals surface area contributed by atoms with Crippen LogP contribution in [0.3, 0.4) is 0 Å². The lowest BCUT2D eigenvalue weighted by molar-refractivity contribution is -0.127. The number of carbonyl (C=O) groups is 1. The molecule has 1 aromatic carbocycles. The van der Waals surface area contributed by atoms with E-state index in [0.29, 0.717) is 43.8 Å². The van der Waals surface area contributed by atoms with Crippen molar-refractivity contribution < 1.29 is 19.0 Å². The Hall–Kier alpha value is -2.52. The summed E-state index contributed by atoms with van der Waals surface area (Å²) in [6, 6.07) is 6.09. The Balaban J connectivity index is 2.20. The maximum absolute atomic E-state index is 11.9. The van der Waals surface area contributed by atoms with Gasteiger partial charge < -0.3 is 29.7 Å². The second-order valence-electron chi connectivity index (χ2n) is 7.14. The van der Waals surface area contributed by atoms with Gasteiger partial charge in [-0.25, -0.2) is 4.99 Å². The minimum absolute atomic E-state index is 0.0446. The maximum atomic E-state index is 11.9. The highest BCUT2D eigenvalue weighted by Crippen LogP contribution is 2.32. The molecule has 30 heavy (non-hydrogen) atoms. The SMILES string of the molecule is CCNC(=NCC(=O)N(C)C)NCC(c1ccc(OC)c(OC)c1)N1CCOCC1. The summed E-state index contributed by atoms with van der Waals surface area (Å²) in [6.45, 7) is 6.52. The van der Waals surface area contributed by atoms with Gasteiger partial charge in [-0.05, 0) is 24.6 Å². The molecular weight excluding hydrogens is 386 g/mol. The molecule has 1 heterocycles. The van der Waals surface area contributed by atoms with Gasteiger partial charge in [0.2, 0.25) is 5.91 Å². The van der Waals surface area contributed by atoms with Gasteiger partial charge in [0.15, 0.2) is 17.5 Å². The van der Waals surface area contributed by atoms with Crippen molar-refractivity contribution in [2.45, 2.75) is 13.0 Å². The second-order valence-corrected chi connectivity index (χ2v) is 7.14. The van der Waals surface area contributed by atoms with Gasteiger partial charge in [0, 0.05) is 40.3 Å². The topological polar surface area (TPSA) is 87.7 Å². The first-order valence-corrected chi connectivity index (χ1v) is 10.3. The van der Waals surface area contributed by atoms with Gasteiger partial charge in [0.1, 0.15) is 6.54 Å². The number of amides is 1. The Labute approximate surface area is 179 Å². The minimum Gasteiger partial charge on any atom is -0.493 e. The molecule has 0 aromatic heterocycles. The minimum atomic E-state index is -0.0446. The van der Waals surface area contributed by atoms with Crippen molar-refractivity contribution in [3.63, 3.8) is 0 Å². The largest absolute Gasteiger partial charge is 0.493 e. The number of morpholine rings is 1. The number of nitrogens with zero attached hydrogens (tertiary/aromatic N) is 3. The molecule has 168 valence electrons. The summed E-state index contributed by atoms with van der Waals surface area (Å²) in [7, 11) is 6.72. The predicted molar refractivity (Wildman–Crippen MR) is 117 cm³/mol. The average Bonchev–Trinajstić information content (AvgIpc) is 2.77. The van der Waals surface area contributed by atoms with Crippen LogP contribution < -0.4 is 20.1 Å². The molecule has 1 unspecified atom stereocenters. The Morgan fingerprint density at radius 3 is 2.50 bits per heavy atom. The summed E-state index contributed by atoms with van der Waals surface area (Å²) >= 11 is 0. The van der Waals surface area contributed by atoms with Crippen molar-refractivity contribution in [1.82, 2.24) is 20.4 Å². The van der Waals surface area contributed by atoms with E-state index >= 15 is 0 Å². The van der Waals surface area contributed by atoms with Gasteiger partial charge in [0.05, 0.1) is 33.5 Å². The number of hydrogen-bond donors (Lipinski definition) is 2. The highest BCUT2D eigenvalue weighted by atomic mass is 16.5. The lowest BCUT2D eigenvalue weighted by Crippen LogP contribution is -2.46. The van der Waals surface area contributed by atoms with E-state index in [1.807, 2.05) is 19.1 Å². The predicted octanol–water partition coefficient (Wildman–Crippen LogP) is 0.720. The molecule has 1 aliphatic rings. The van der Waals surface area contributed by atoms with E-state index in [-0.39, 0.29) is 18.5 Å². The normalized spacial score (nSPS) is 16.0. The Bertz CT molecular complexity index is 705. The monoisotopic (exact) mass is 421 g/mol. The van der Waals surface area contributed by atoms with Gasteiger partial charge in [-0.2, -0.15) is 0 Å². The number of likely N-dealkylation sites (N-methyl/N-ethyl adjacent to an activating group) is 1. The number of rotatable bonds is 9. The Morgan fingerprint density at radius 2 is 1.90 bits per heavy atom. The van der Waals surface area contributed by atoms with Crippen LogP contribution in [0.25, 0.3) is 0 Å². The van der Waals surface area contributed by atoms with E-state index in [9.17, 15) is 4.79 Å². The zero-order valence-corrected chi connectivity index (χ0v) is 18.7. The number of aliphatic imine (C=N–C) groups is 1. The van der Waals surface area contributed by atoms with Crippen molar-refractivity contribution in [2.24, 2.45) is 4.99 Å². The number of guanidine groups is 1. The van der Waals surface area contributed by atoms with E-state index in [4.69, 9.17) is 14.2 Å². The molecule has 1 fully saturated rings. The van der Waals surface area contributed by atoms with Gasteiger partial charge in [0.25, 0.3) is 0 Å². The van der Waals surface area contributed by atoms with Crippen LogP contribution in [0.4, 0.5) is 0 Å². The van der Waals surface area contributed by atoms with Gasteiger partial charge in [-0.3, -0.25) is 9.69 Å². The molecule has 2 N–H and O–H groups in total. The third kappa shape index (κ3) is 6.77. The molecule has 1 aliphatic heterocycles. The first-order valence-electron chi connectivity index (χ1n) is 10.3. The molecular formula is C21H35N5O4. The van der Waals surface area contributed by atoms with Crippen molar-refractivity contribution in [1.29, 1.82) is 0 Å². The standard InChI is InChI=1S/C21H35N5O4/c1-6-22-21(24-15-20(27)25(2)3)23-14-17(26-9-11-30-12-10-26)16-7-8-18(28-4)19(13-16)29-5/h7-8,13,17H,6,9-12,14-15H2,1-5H3,(H2,22,23,24). The van der Waals surface area contributed by atoms with Crippen LogP contribution in [-0.4, -0.2) is 95.9 Å². The van der Waals surface area contributed by atoms with Crippen LogP contribution in [0.2, 0.25) is 0 Å². The molecule has 1 amide bonds. The number of carbonyl (C=O) groups excluding carboxylic acids is 1. The van der Waals surface area contributed by atoms with Crippen LogP contribution in [0.1, 0.15) is 18.5 Å². The molecule has 0 saturated carbocycles. The summed E-state index contributed by atoms with van der Waals surface area (Å²) in [5.41, 5.74) is 1.11. The van der Waals surface area contributed by atoms with Crippen molar-refractivity contribution in [3.05, 3.63) is 23.8 Å². The number of benzene rings is 1. The quantitative estimate of drug-likeness (QED) is 0.449. The lowest BCUT2D eigenvalue weighted by Gasteiger charge is -2.35. The number of methoxy groups -OCH3 is 2. The molecule has 0 spiro atoms. The van der Waals surface area contributed by atoms with E-state index in [1.54, 1.807) is 28.3 Å². The fourth-order valence-corrected chi connectivity index (χ4v) is 3.23. The summed E-state index contributed by atoms with van der Waals surface area (Å²) in [5.74, 6) is 1.97. The smallest absolute Gasteiger partial charge is 0.243 e. The van der Waals surface area contributed by atoms with Crippen LogP contribution in [0.15, 0.2) is 23.2 Å². The second kappa shape index (κ2) is 12.2. The number of hydrogen-bond acceptors (Lipinski definition) is 6. The lowest BCUT2D eigenvalue weighted by atomic mass is 10.0. The number of ether oxygens (including phenoxy) is 3. The van der Waals surface area contributed by atoms with Crippen molar-refractivity contribution in [2.75, 3.05) is 74.3 Å². The Morgan fingerprint density at radius 1 is 1.20 bits per heavy atom. The molecule has 9 heteroatoms. The third-order valence-electron chi connectivity index (χ3n) is 4.96. The molecule has 1 aromatic rings. The van der Waals surface area contributed by atoms with E-state index in [0.717, 1.165) is 18.7 Å². The highest BCUT2D eigenvalue weighted by molar-refractivity contribution is 5.84. The molecule has 2 rings (SSSR count). The fourth-order valence-electron chi connectivity index (χ4n) is 3.23. The average molecular weight is 422 g/mol. The summed E-state index contributed by atoms with van der Waals surface area (Å²) in [4.78, 5) is 20.2. The van der Waals surface area contributed by atoms with Gasteiger partial charge in [-0.15, -0.1) is 0 Å². The fraction of sp³-hybridized carbons (Fsp3) is 0.619. The van der Waals surface area contributed by atoms with Crippen LogP contribution in [-0.2, 0) is 9.53 Å². The molecule has 1 atom stereocenters. The van der Waals surface area contributed by atoms with E-state index in [2.05, 4.69) is 26.6 Å². The molecule has 0 bridgehead atoms. The molecule has 0 aliphatic carbocycles. The first-order chi connectivity index (χ1) is 14.5. The summed E-state index contributed by atoms with van der Waals surface area (Å²) in [6.07, 6.45) is 0. The summed E-state index contributed by atoms with van der Waals surface area (Å²) in [5, 5.41) is 6.60. The summed E-state index contributed by atoms with van der Waals surface area (Å²) < 4.78 is 16.4. The molecule has 1 saturated heterocycles. The highest BCUT2D eigenvalue weighted by Gasteiger charge is 2.24. The molecule has 0 radical (unpaired) electrons. The van der Waals surface area contributed by atoms with Crippen molar-refractivity contribution in [3.8, 4) is 11.5 Å². The van der Waals surface area contributed by atoms with Crippen LogP contribution in [0.5, 0.6) is 11.5 Å². The van der Waals surface area contributed by atoms with Crippen LogP contribution in [0, 0.1) is 0 Å². The third-order valence-corrected chi connectivity index (χ3v) is 4.96.